The highest BCUT2D eigenvalue weighted by atomic mass is 16.4. The molecule has 2 aromatic rings. The van der Waals surface area contributed by atoms with Crippen molar-refractivity contribution in [3.8, 4) is 0 Å². The first-order chi connectivity index (χ1) is 12.9. The second kappa shape index (κ2) is 7.61. The zero-order valence-electron chi connectivity index (χ0n) is 15.1. The first kappa shape index (κ1) is 18.6. The van der Waals surface area contributed by atoms with Crippen LogP contribution in [-0.2, 0) is 15.0 Å². The number of amides is 2. The van der Waals surface area contributed by atoms with Crippen molar-refractivity contribution in [3.05, 3.63) is 65.7 Å². The maximum atomic E-state index is 12.4. The van der Waals surface area contributed by atoms with Crippen LogP contribution in [0.25, 0.3) is 0 Å². The van der Waals surface area contributed by atoms with Crippen molar-refractivity contribution >= 4 is 23.5 Å². The van der Waals surface area contributed by atoms with Crippen molar-refractivity contribution in [1.82, 2.24) is 5.32 Å². The minimum atomic E-state index is -1.32. The molecule has 1 aliphatic rings. The number of nitrogens with one attached hydrogen (secondary N) is 2. The van der Waals surface area contributed by atoms with Crippen molar-refractivity contribution in [1.29, 1.82) is 0 Å². The lowest BCUT2D eigenvalue weighted by Gasteiger charge is -2.24. The maximum absolute atomic E-state index is 12.4. The minimum absolute atomic E-state index is 0.127. The van der Waals surface area contributed by atoms with Gasteiger partial charge < -0.3 is 15.7 Å². The van der Waals surface area contributed by atoms with Gasteiger partial charge in [-0.1, -0.05) is 30.3 Å². The summed E-state index contributed by atoms with van der Waals surface area (Å²) in [6.45, 7) is 1.54. The number of anilines is 1. The van der Waals surface area contributed by atoms with Crippen LogP contribution in [0.4, 0.5) is 5.69 Å². The average molecular weight is 366 g/mol. The van der Waals surface area contributed by atoms with E-state index in [4.69, 9.17) is 0 Å². The number of hydrogen-bond donors (Lipinski definition) is 3. The van der Waals surface area contributed by atoms with Crippen LogP contribution in [0.5, 0.6) is 0 Å². The van der Waals surface area contributed by atoms with E-state index in [0.717, 1.165) is 12.8 Å². The van der Waals surface area contributed by atoms with Crippen LogP contribution in [0.15, 0.2) is 54.6 Å². The van der Waals surface area contributed by atoms with E-state index in [1.807, 2.05) is 0 Å². The Kier molecular flexibility index (Phi) is 5.26. The van der Waals surface area contributed by atoms with Crippen LogP contribution in [0.3, 0.4) is 0 Å². The Morgan fingerprint density at radius 1 is 1.04 bits per heavy atom. The van der Waals surface area contributed by atoms with Gasteiger partial charge in [-0.2, -0.15) is 0 Å². The van der Waals surface area contributed by atoms with Gasteiger partial charge in [0.1, 0.15) is 0 Å². The number of rotatable bonds is 7. The Bertz CT molecular complexity index is 844. The SMILES string of the molecule is C[C@@](CC(=O)Nc1ccc(C(=O)NC2CC2)cc1)(C(=O)O)c1ccccc1. The number of carboxylic acids is 1. The van der Waals surface area contributed by atoms with E-state index in [0.29, 0.717) is 16.8 Å². The molecule has 3 N–H and O–H groups in total. The fraction of sp³-hybridized carbons (Fsp3) is 0.286. The molecule has 1 aliphatic carbocycles. The molecule has 1 fully saturated rings. The Balaban J connectivity index is 1.65. The molecule has 0 saturated heterocycles. The molecule has 2 amide bonds. The van der Waals surface area contributed by atoms with Gasteiger partial charge in [0.25, 0.3) is 5.91 Å². The van der Waals surface area contributed by atoms with Gasteiger partial charge in [0.05, 0.1) is 5.41 Å². The summed E-state index contributed by atoms with van der Waals surface area (Å²) in [5, 5.41) is 15.3. The Morgan fingerprint density at radius 3 is 2.22 bits per heavy atom. The van der Waals surface area contributed by atoms with Crippen LogP contribution in [-0.4, -0.2) is 28.9 Å². The van der Waals surface area contributed by atoms with Gasteiger partial charge in [-0.25, -0.2) is 0 Å². The van der Waals surface area contributed by atoms with Crippen molar-refractivity contribution < 1.29 is 19.5 Å². The summed E-state index contributed by atoms with van der Waals surface area (Å²) in [4.78, 5) is 36.2. The fourth-order valence-electron chi connectivity index (χ4n) is 2.83. The van der Waals surface area contributed by atoms with Crippen molar-refractivity contribution in [3.63, 3.8) is 0 Å². The summed E-state index contributed by atoms with van der Waals surface area (Å²) < 4.78 is 0. The molecule has 6 heteroatoms. The van der Waals surface area contributed by atoms with E-state index in [1.54, 1.807) is 54.6 Å². The fourth-order valence-corrected chi connectivity index (χ4v) is 2.83. The molecule has 0 aromatic heterocycles. The van der Waals surface area contributed by atoms with Gasteiger partial charge >= 0.3 is 5.97 Å². The molecular weight excluding hydrogens is 344 g/mol. The molecule has 140 valence electrons. The molecule has 0 heterocycles. The maximum Gasteiger partial charge on any atom is 0.314 e. The third-order valence-electron chi connectivity index (χ3n) is 4.74. The monoisotopic (exact) mass is 366 g/mol. The zero-order valence-corrected chi connectivity index (χ0v) is 15.1. The molecule has 3 rings (SSSR count). The number of aliphatic carboxylic acids is 1. The third kappa shape index (κ3) is 4.53. The van der Waals surface area contributed by atoms with Crippen LogP contribution >= 0.6 is 0 Å². The highest BCUT2D eigenvalue weighted by Gasteiger charge is 2.37. The molecule has 0 bridgehead atoms. The van der Waals surface area contributed by atoms with Crippen LogP contribution in [0.2, 0.25) is 0 Å². The Hall–Kier alpha value is -3.15. The standard InChI is InChI=1S/C21H22N2O4/c1-21(20(26)27,15-5-3-2-4-6-15)13-18(24)22-16-9-7-14(8-10-16)19(25)23-17-11-12-17/h2-10,17H,11-13H2,1H3,(H,22,24)(H,23,25)(H,26,27)/t21-/m0/s1. The zero-order chi connectivity index (χ0) is 19.4. The summed E-state index contributed by atoms with van der Waals surface area (Å²) in [6.07, 6.45) is 1.84. The van der Waals surface area contributed by atoms with Gasteiger partial charge in [0.15, 0.2) is 0 Å². The van der Waals surface area contributed by atoms with E-state index in [1.165, 1.54) is 6.92 Å². The number of carbonyl (C=O) groups excluding carboxylic acids is 2. The first-order valence-electron chi connectivity index (χ1n) is 8.88. The minimum Gasteiger partial charge on any atom is -0.481 e. The predicted molar refractivity (Wildman–Crippen MR) is 102 cm³/mol. The molecular formula is C21H22N2O4. The smallest absolute Gasteiger partial charge is 0.314 e. The van der Waals surface area contributed by atoms with Gasteiger partial charge in [0, 0.05) is 23.7 Å². The lowest BCUT2D eigenvalue weighted by atomic mass is 9.79. The second-order valence-corrected chi connectivity index (χ2v) is 7.05. The van der Waals surface area contributed by atoms with Crippen LogP contribution in [0, 0.1) is 0 Å². The van der Waals surface area contributed by atoms with E-state index in [9.17, 15) is 19.5 Å². The van der Waals surface area contributed by atoms with Crippen LogP contribution < -0.4 is 10.6 Å². The molecule has 1 saturated carbocycles. The molecule has 0 aliphatic heterocycles. The number of hydrogen-bond acceptors (Lipinski definition) is 3. The van der Waals surface area contributed by atoms with Crippen molar-refractivity contribution in [2.75, 3.05) is 5.32 Å². The highest BCUT2D eigenvalue weighted by molar-refractivity contribution is 5.98. The van der Waals surface area contributed by atoms with E-state index >= 15 is 0 Å². The van der Waals surface area contributed by atoms with Gasteiger partial charge in [-0.3, -0.25) is 14.4 Å². The third-order valence-corrected chi connectivity index (χ3v) is 4.74. The molecule has 1 atom stereocenters. The Labute approximate surface area is 157 Å². The number of carbonyl (C=O) groups is 3. The molecule has 0 unspecified atom stereocenters. The summed E-state index contributed by atoms with van der Waals surface area (Å²) in [6, 6.07) is 15.5. The Morgan fingerprint density at radius 2 is 1.67 bits per heavy atom. The number of carboxylic acid groups (broad SMARTS) is 1. The molecule has 6 nitrogen and oxygen atoms in total. The molecule has 0 radical (unpaired) electrons. The predicted octanol–water partition coefficient (Wildman–Crippen LogP) is 2.95. The van der Waals surface area contributed by atoms with Gasteiger partial charge in [-0.05, 0) is 49.6 Å². The summed E-state index contributed by atoms with van der Waals surface area (Å²) in [5.41, 5.74) is 0.290. The summed E-state index contributed by atoms with van der Waals surface area (Å²) in [5.74, 6) is -1.59. The molecule has 0 spiro atoms. The van der Waals surface area contributed by atoms with Gasteiger partial charge in [-0.15, -0.1) is 0 Å². The van der Waals surface area contributed by atoms with Crippen molar-refractivity contribution in [2.24, 2.45) is 0 Å². The molecule has 27 heavy (non-hydrogen) atoms. The van der Waals surface area contributed by atoms with Gasteiger partial charge in [0.2, 0.25) is 5.91 Å². The lowest BCUT2D eigenvalue weighted by Crippen LogP contribution is -2.36. The lowest BCUT2D eigenvalue weighted by molar-refractivity contribution is -0.145. The second-order valence-electron chi connectivity index (χ2n) is 7.05. The topological polar surface area (TPSA) is 95.5 Å². The highest BCUT2D eigenvalue weighted by Crippen LogP contribution is 2.28. The quantitative estimate of drug-likeness (QED) is 0.702. The largest absolute Gasteiger partial charge is 0.481 e. The van der Waals surface area contributed by atoms with Crippen molar-refractivity contribution in [2.45, 2.75) is 37.6 Å². The summed E-state index contributed by atoms with van der Waals surface area (Å²) >= 11 is 0. The van der Waals surface area contributed by atoms with E-state index in [2.05, 4.69) is 10.6 Å². The normalized spacial score (nSPS) is 15.4. The average Bonchev–Trinajstić information content (AvgIpc) is 3.46. The summed E-state index contributed by atoms with van der Waals surface area (Å²) in [7, 11) is 0. The first-order valence-corrected chi connectivity index (χ1v) is 8.88. The molecule has 2 aromatic carbocycles. The van der Waals surface area contributed by atoms with E-state index in [-0.39, 0.29) is 18.4 Å². The number of benzene rings is 2. The van der Waals surface area contributed by atoms with Crippen LogP contribution in [0.1, 0.15) is 42.1 Å². The van der Waals surface area contributed by atoms with E-state index < -0.39 is 17.3 Å².